The van der Waals surface area contributed by atoms with Gasteiger partial charge in [0.25, 0.3) is 5.91 Å². The van der Waals surface area contributed by atoms with Crippen molar-refractivity contribution in [3.05, 3.63) is 35.9 Å². The standard InChI is InChI=1S/C14H16N2O2/c1-11-9-14(18-15-11)7-8-16(10-14)13(17)12-5-3-2-4-6-12/h2-6H,7-10H2,1H3. The van der Waals surface area contributed by atoms with E-state index < -0.39 is 0 Å². The number of likely N-dealkylation sites (tertiary alicyclic amines) is 1. The molecular weight excluding hydrogens is 228 g/mol. The van der Waals surface area contributed by atoms with Gasteiger partial charge in [-0.05, 0) is 19.1 Å². The normalized spacial score (nSPS) is 26.3. The van der Waals surface area contributed by atoms with Crippen molar-refractivity contribution >= 4 is 11.6 Å². The fourth-order valence-electron chi connectivity index (χ4n) is 2.71. The molecule has 1 aromatic rings. The van der Waals surface area contributed by atoms with E-state index in [2.05, 4.69) is 5.16 Å². The quantitative estimate of drug-likeness (QED) is 0.759. The molecule has 1 fully saturated rings. The number of hydrogen-bond acceptors (Lipinski definition) is 3. The predicted molar refractivity (Wildman–Crippen MR) is 68.5 cm³/mol. The number of carbonyl (C=O) groups excluding carboxylic acids is 1. The van der Waals surface area contributed by atoms with Gasteiger partial charge in [-0.1, -0.05) is 23.4 Å². The molecule has 0 aliphatic carbocycles. The summed E-state index contributed by atoms with van der Waals surface area (Å²) in [6, 6.07) is 9.39. The lowest BCUT2D eigenvalue weighted by Crippen LogP contribution is -2.36. The fourth-order valence-corrected chi connectivity index (χ4v) is 2.71. The maximum Gasteiger partial charge on any atom is 0.253 e. The topological polar surface area (TPSA) is 41.9 Å². The number of carbonyl (C=O) groups is 1. The van der Waals surface area contributed by atoms with E-state index in [1.165, 1.54) is 0 Å². The minimum Gasteiger partial charge on any atom is -0.387 e. The molecule has 4 heteroatoms. The van der Waals surface area contributed by atoms with Crippen molar-refractivity contribution in [1.29, 1.82) is 0 Å². The number of oxime groups is 1. The van der Waals surface area contributed by atoms with E-state index in [1.54, 1.807) is 0 Å². The van der Waals surface area contributed by atoms with Gasteiger partial charge >= 0.3 is 0 Å². The lowest BCUT2D eigenvalue weighted by molar-refractivity contribution is -0.00917. The van der Waals surface area contributed by atoms with E-state index in [0.29, 0.717) is 6.54 Å². The molecule has 1 aromatic carbocycles. The van der Waals surface area contributed by atoms with E-state index in [1.807, 2.05) is 42.2 Å². The van der Waals surface area contributed by atoms with Gasteiger partial charge in [0, 0.05) is 24.9 Å². The van der Waals surface area contributed by atoms with Crippen molar-refractivity contribution in [2.24, 2.45) is 5.16 Å². The van der Waals surface area contributed by atoms with Gasteiger partial charge in [0.1, 0.15) is 0 Å². The van der Waals surface area contributed by atoms with Gasteiger partial charge in [-0.2, -0.15) is 0 Å². The van der Waals surface area contributed by atoms with Crippen LogP contribution in [0.5, 0.6) is 0 Å². The summed E-state index contributed by atoms with van der Waals surface area (Å²) in [7, 11) is 0. The highest BCUT2D eigenvalue weighted by molar-refractivity contribution is 5.94. The monoisotopic (exact) mass is 244 g/mol. The Morgan fingerprint density at radius 3 is 2.83 bits per heavy atom. The van der Waals surface area contributed by atoms with Crippen molar-refractivity contribution in [1.82, 2.24) is 4.90 Å². The fraction of sp³-hybridized carbons (Fsp3) is 0.429. The van der Waals surface area contributed by atoms with Crippen molar-refractivity contribution in [3.63, 3.8) is 0 Å². The Morgan fingerprint density at radius 2 is 2.17 bits per heavy atom. The molecule has 0 saturated carbocycles. The molecule has 0 bridgehead atoms. The van der Waals surface area contributed by atoms with E-state index in [0.717, 1.165) is 30.7 Å². The van der Waals surface area contributed by atoms with Crippen molar-refractivity contribution in [2.45, 2.75) is 25.4 Å². The van der Waals surface area contributed by atoms with Crippen LogP contribution in [0.15, 0.2) is 35.5 Å². The van der Waals surface area contributed by atoms with Crippen LogP contribution in [0, 0.1) is 0 Å². The third-order valence-corrected chi connectivity index (χ3v) is 3.60. The highest BCUT2D eigenvalue weighted by Gasteiger charge is 2.45. The minimum atomic E-state index is -0.255. The number of amides is 1. The summed E-state index contributed by atoms with van der Waals surface area (Å²) < 4.78 is 0. The SMILES string of the molecule is CC1=NOC2(CCN(C(=O)c3ccccc3)C2)C1. The Labute approximate surface area is 106 Å². The summed E-state index contributed by atoms with van der Waals surface area (Å²) in [4.78, 5) is 19.7. The van der Waals surface area contributed by atoms with Gasteiger partial charge in [0.05, 0.1) is 12.3 Å². The molecule has 2 aliphatic heterocycles. The molecule has 4 nitrogen and oxygen atoms in total. The number of rotatable bonds is 1. The second kappa shape index (κ2) is 4.12. The van der Waals surface area contributed by atoms with E-state index >= 15 is 0 Å². The van der Waals surface area contributed by atoms with Crippen molar-refractivity contribution < 1.29 is 9.63 Å². The van der Waals surface area contributed by atoms with Crippen molar-refractivity contribution in [2.75, 3.05) is 13.1 Å². The zero-order valence-corrected chi connectivity index (χ0v) is 10.4. The Bertz CT molecular complexity index is 498. The van der Waals surface area contributed by atoms with Crippen LogP contribution in [0.4, 0.5) is 0 Å². The maximum atomic E-state index is 12.3. The van der Waals surface area contributed by atoms with Gasteiger partial charge in [-0.15, -0.1) is 0 Å². The predicted octanol–water partition coefficient (Wildman–Crippen LogP) is 2.07. The van der Waals surface area contributed by atoms with Crippen molar-refractivity contribution in [3.8, 4) is 0 Å². The minimum absolute atomic E-state index is 0.0839. The number of benzene rings is 1. The lowest BCUT2D eigenvalue weighted by atomic mass is 9.97. The summed E-state index contributed by atoms with van der Waals surface area (Å²) in [5, 5.41) is 4.02. The summed E-state index contributed by atoms with van der Waals surface area (Å²) in [5.74, 6) is 0.0839. The molecule has 1 atom stereocenters. The van der Waals surface area contributed by atoms with Gasteiger partial charge in [-0.25, -0.2) is 0 Å². The molecular formula is C14H16N2O2. The molecule has 1 spiro atoms. The van der Waals surface area contributed by atoms with Crippen LogP contribution < -0.4 is 0 Å². The Hall–Kier alpha value is -1.84. The van der Waals surface area contributed by atoms with Crippen LogP contribution in [-0.2, 0) is 4.84 Å². The third kappa shape index (κ3) is 1.88. The van der Waals surface area contributed by atoms with Gasteiger partial charge in [-0.3, -0.25) is 4.79 Å². The number of nitrogens with zero attached hydrogens (tertiary/aromatic N) is 2. The first kappa shape index (κ1) is 11.3. The van der Waals surface area contributed by atoms with E-state index in [4.69, 9.17) is 4.84 Å². The molecule has 18 heavy (non-hydrogen) atoms. The molecule has 94 valence electrons. The summed E-state index contributed by atoms with van der Waals surface area (Å²) >= 11 is 0. The Balaban J connectivity index is 1.72. The zero-order valence-electron chi connectivity index (χ0n) is 10.4. The van der Waals surface area contributed by atoms with E-state index in [-0.39, 0.29) is 11.5 Å². The van der Waals surface area contributed by atoms with Crippen LogP contribution in [0.1, 0.15) is 30.1 Å². The van der Waals surface area contributed by atoms with E-state index in [9.17, 15) is 4.79 Å². The van der Waals surface area contributed by atoms with Crippen LogP contribution >= 0.6 is 0 Å². The average molecular weight is 244 g/mol. The molecule has 1 unspecified atom stereocenters. The molecule has 1 saturated heterocycles. The first-order valence-corrected chi connectivity index (χ1v) is 6.25. The molecule has 2 heterocycles. The van der Waals surface area contributed by atoms with Crippen LogP contribution in [0.2, 0.25) is 0 Å². The zero-order chi connectivity index (χ0) is 12.6. The Kier molecular flexibility index (Phi) is 2.58. The first-order valence-electron chi connectivity index (χ1n) is 6.25. The third-order valence-electron chi connectivity index (χ3n) is 3.60. The largest absolute Gasteiger partial charge is 0.387 e. The number of hydrogen-bond donors (Lipinski definition) is 0. The van der Waals surface area contributed by atoms with Crippen LogP contribution in [-0.4, -0.2) is 35.2 Å². The lowest BCUT2D eigenvalue weighted by Gasteiger charge is -2.21. The Morgan fingerprint density at radius 1 is 1.39 bits per heavy atom. The van der Waals surface area contributed by atoms with Gasteiger partial charge in [0.2, 0.25) is 0 Å². The molecule has 0 radical (unpaired) electrons. The highest BCUT2D eigenvalue weighted by Crippen LogP contribution is 2.34. The molecule has 0 aromatic heterocycles. The molecule has 2 aliphatic rings. The summed E-state index contributed by atoms with van der Waals surface area (Å²) in [6.07, 6.45) is 1.71. The molecule has 0 N–H and O–H groups in total. The maximum absolute atomic E-state index is 12.3. The summed E-state index contributed by atoms with van der Waals surface area (Å²) in [6.45, 7) is 3.36. The second-order valence-corrected chi connectivity index (χ2v) is 5.12. The average Bonchev–Trinajstić information content (AvgIpc) is 2.97. The smallest absolute Gasteiger partial charge is 0.253 e. The van der Waals surface area contributed by atoms with Crippen LogP contribution in [0.25, 0.3) is 0 Å². The highest BCUT2D eigenvalue weighted by atomic mass is 16.7. The van der Waals surface area contributed by atoms with Crippen LogP contribution in [0.3, 0.4) is 0 Å². The molecule has 3 rings (SSSR count). The summed E-state index contributed by atoms with van der Waals surface area (Å²) in [5.41, 5.74) is 1.50. The van der Waals surface area contributed by atoms with Gasteiger partial charge in [0.15, 0.2) is 5.60 Å². The van der Waals surface area contributed by atoms with Gasteiger partial charge < -0.3 is 9.74 Å². The molecule has 1 amide bonds. The first-order chi connectivity index (χ1) is 8.69. The second-order valence-electron chi connectivity index (χ2n) is 5.12.